The van der Waals surface area contributed by atoms with Gasteiger partial charge in [-0.25, -0.2) is 0 Å². The maximum atomic E-state index is 10.4. The normalized spacial score (nSPS) is 19.9. The Kier molecular flexibility index (Phi) is 2.49. The highest BCUT2D eigenvalue weighted by atomic mass is 35.5. The molecule has 0 aromatic heterocycles. The molecule has 0 amide bonds. The van der Waals surface area contributed by atoms with Gasteiger partial charge in [0.05, 0.1) is 12.7 Å². The van der Waals surface area contributed by atoms with E-state index in [1.165, 1.54) is 0 Å². The fourth-order valence-corrected chi connectivity index (χ4v) is 0.866. The molecule has 2 nitrogen and oxygen atoms in total. The zero-order chi connectivity index (χ0) is 6.69. The second kappa shape index (κ2) is 3.18. The van der Waals surface area contributed by atoms with E-state index in [1.54, 1.807) is 0 Å². The maximum Gasteiger partial charge on any atom is 0.138 e. The van der Waals surface area contributed by atoms with Crippen LogP contribution in [0.5, 0.6) is 0 Å². The Morgan fingerprint density at radius 1 is 1.67 bits per heavy atom. The quantitative estimate of drug-likeness (QED) is 0.558. The standard InChI is InChI=1S/C6H9ClO2/c7-1-2-9-6-3-5(8)4-6/h6H,1-4H2. The van der Waals surface area contributed by atoms with E-state index in [1.807, 2.05) is 0 Å². The van der Waals surface area contributed by atoms with E-state index in [4.69, 9.17) is 16.3 Å². The number of ketones is 1. The third-order valence-electron chi connectivity index (χ3n) is 1.34. The van der Waals surface area contributed by atoms with Gasteiger partial charge in [-0.3, -0.25) is 4.79 Å². The van der Waals surface area contributed by atoms with E-state index in [-0.39, 0.29) is 6.10 Å². The number of Topliss-reactive ketones (excluding diaryl/α,β-unsaturated/α-hetero) is 1. The number of halogens is 1. The van der Waals surface area contributed by atoms with Crippen LogP contribution in [0.3, 0.4) is 0 Å². The van der Waals surface area contributed by atoms with E-state index in [9.17, 15) is 4.79 Å². The summed E-state index contributed by atoms with van der Waals surface area (Å²) >= 11 is 5.35. The first kappa shape index (κ1) is 7.03. The van der Waals surface area contributed by atoms with Crippen LogP contribution in [0.15, 0.2) is 0 Å². The lowest BCUT2D eigenvalue weighted by Crippen LogP contribution is -2.31. The molecule has 0 saturated heterocycles. The third kappa shape index (κ3) is 1.95. The molecule has 0 unspecified atom stereocenters. The lowest BCUT2D eigenvalue weighted by Gasteiger charge is -2.23. The summed E-state index contributed by atoms with van der Waals surface area (Å²) in [5.74, 6) is 0.819. The fraction of sp³-hybridized carbons (Fsp3) is 0.833. The van der Waals surface area contributed by atoms with Gasteiger partial charge < -0.3 is 4.74 Å². The van der Waals surface area contributed by atoms with Crippen molar-refractivity contribution < 1.29 is 9.53 Å². The molecule has 0 aliphatic heterocycles. The van der Waals surface area contributed by atoms with Crippen LogP contribution in [0.1, 0.15) is 12.8 Å². The van der Waals surface area contributed by atoms with Crippen molar-refractivity contribution in [1.82, 2.24) is 0 Å². The largest absolute Gasteiger partial charge is 0.376 e. The lowest BCUT2D eigenvalue weighted by molar-refractivity contribution is -0.133. The molecule has 0 N–H and O–H groups in total. The van der Waals surface area contributed by atoms with Crippen molar-refractivity contribution in [3.8, 4) is 0 Å². The number of carbonyl (C=O) groups is 1. The zero-order valence-corrected chi connectivity index (χ0v) is 5.86. The van der Waals surface area contributed by atoms with Gasteiger partial charge in [-0.05, 0) is 0 Å². The summed E-state index contributed by atoms with van der Waals surface area (Å²) in [6.45, 7) is 0.569. The van der Waals surface area contributed by atoms with Gasteiger partial charge in [0, 0.05) is 18.7 Å². The van der Waals surface area contributed by atoms with Gasteiger partial charge in [0.25, 0.3) is 0 Å². The number of rotatable bonds is 3. The minimum absolute atomic E-state index is 0.177. The predicted molar refractivity (Wildman–Crippen MR) is 34.7 cm³/mol. The van der Waals surface area contributed by atoms with E-state index in [2.05, 4.69) is 0 Å². The summed E-state index contributed by atoms with van der Waals surface area (Å²) in [6, 6.07) is 0. The van der Waals surface area contributed by atoms with Crippen molar-refractivity contribution >= 4 is 17.4 Å². The molecule has 1 aliphatic carbocycles. The molecule has 0 aromatic carbocycles. The maximum absolute atomic E-state index is 10.4. The summed E-state index contributed by atoms with van der Waals surface area (Å²) in [5.41, 5.74) is 0. The number of hydrogen-bond donors (Lipinski definition) is 0. The summed E-state index contributed by atoms with van der Waals surface area (Å²) in [6.07, 6.45) is 1.37. The molecule has 0 radical (unpaired) electrons. The second-order valence-corrected chi connectivity index (χ2v) is 2.51. The van der Waals surface area contributed by atoms with Gasteiger partial charge >= 0.3 is 0 Å². The minimum atomic E-state index is 0.177. The number of ether oxygens (including phenoxy) is 1. The molecule has 1 fully saturated rings. The molecule has 0 aromatic rings. The molecule has 0 heterocycles. The van der Waals surface area contributed by atoms with Crippen LogP contribution in [-0.4, -0.2) is 24.4 Å². The molecule has 0 spiro atoms. The van der Waals surface area contributed by atoms with Crippen molar-refractivity contribution in [2.24, 2.45) is 0 Å². The van der Waals surface area contributed by atoms with Gasteiger partial charge in [0.1, 0.15) is 5.78 Å². The van der Waals surface area contributed by atoms with Crippen LogP contribution >= 0.6 is 11.6 Å². The molecule has 52 valence electrons. The van der Waals surface area contributed by atoms with E-state index in [0.29, 0.717) is 31.1 Å². The fourth-order valence-electron chi connectivity index (χ4n) is 0.777. The topological polar surface area (TPSA) is 26.3 Å². The van der Waals surface area contributed by atoms with Crippen LogP contribution in [0.4, 0.5) is 0 Å². The first-order valence-electron chi connectivity index (χ1n) is 3.02. The average molecular weight is 149 g/mol. The number of hydrogen-bond acceptors (Lipinski definition) is 2. The van der Waals surface area contributed by atoms with Crippen LogP contribution in [-0.2, 0) is 9.53 Å². The first-order valence-corrected chi connectivity index (χ1v) is 3.55. The van der Waals surface area contributed by atoms with Crippen LogP contribution in [0.25, 0.3) is 0 Å². The van der Waals surface area contributed by atoms with E-state index >= 15 is 0 Å². The Hall–Kier alpha value is -0.0800. The average Bonchev–Trinajstić information content (AvgIpc) is 1.78. The molecular formula is C6H9ClO2. The SMILES string of the molecule is O=C1CC(OCCCl)C1. The lowest BCUT2D eigenvalue weighted by atomic mass is 9.94. The highest BCUT2D eigenvalue weighted by Gasteiger charge is 2.26. The Bertz CT molecular complexity index is 106. The van der Waals surface area contributed by atoms with E-state index < -0.39 is 0 Å². The Labute approximate surface area is 59.1 Å². The second-order valence-electron chi connectivity index (χ2n) is 2.13. The predicted octanol–water partition coefficient (Wildman–Crippen LogP) is 0.973. The molecule has 0 bridgehead atoms. The number of carbonyl (C=O) groups excluding carboxylic acids is 1. The Morgan fingerprint density at radius 3 is 2.78 bits per heavy atom. The molecule has 9 heavy (non-hydrogen) atoms. The molecule has 1 saturated carbocycles. The summed E-state index contributed by atoms with van der Waals surface area (Å²) in [5, 5.41) is 0. The van der Waals surface area contributed by atoms with Gasteiger partial charge in [-0.15, -0.1) is 11.6 Å². The van der Waals surface area contributed by atoms with Crippen molar-refractivity contribution in [2.45, 2.75) is 18.9 Å². The van der Waals surface area contributed by atoms with Gasteiger partial charge in [-0.2, -0.15) is 0 Å². The molecule has 1 rings (SSSR count). The van der Waals surface area contributed by atoms with Crippen LogP contribution < -0.4 is 0 Å². The summed E-state index contributed by atoms with van der Waals surface area (Å²) in [4.78, 5) is 10.4. The highest BCUT2D eigenvalue weighted by molar-refractivity contribution is 6.17. The molecule has 0 atom stereocenters. The summed E-state index contributed by atoms with van der Waals surface area (Å²) < 4.78 is 5.14. The number of alkyl halides is 1. The monoisotopic (exact) mass is 148 g/mol. The highest BCUT2D eigenvalue weighted by Crippen LogP contribution is 2.17. The van der Waals surface area contributed by atoms with Gasteiger partial charge in [0.15, 0.2) is 0 Å². The van der Waals surface area contributed by atoms with Crippen molar-refractivity contribution in [3.63, 3.8) is 0 Å². The van der Waals surface area contributed by atoms with Gasteiger partial charge in [-0.1, -0.05) is 0 Å². The molecular weight excluding hydrogens is 140 g/mol. The summed E-state index contributed by atoms with van der Waals surface area (Å²) in [7, 11) is 0. The Balaban J connectivity index is 1.97. The van der Waals surface area contributed by atoms with E-state index in [0.717, 1.165) is 0 Å². The minimum Gasteiger partial charge on any atom is -0.376 e. The van der Waals surface area contributed by atoms with Crippen molar-refractivity contribution in [2.75, 3.05) is 12.5 Å². The first-order chi connectivity index (χ1) is 4.33. The van der Waals surface area contributed by atoms with Gasteiger partial charge in [0.2, 0.25) is 0 Å². The van der Waals surface area contributed by atoms with Crippen LogP contribution in [0, 0.1) is 0 Å². The molecule has 1 aliphatic rings. The third-order valence-corrected chi connectivity index (χ3v) is 1.50. The van der Waals surface area contributed by atoms with Crippen molar-refractivity contribution in [1.29, 1.82) is 0 Å². The van der Waals surface area contributed by atoms with Crippen LogP contribution in [0.2, 0.25) is 0 Å². The Morgan fingerprint density at radius 2 is 2.33 bits per heavy atom. The van der Waals surface area contributed by atoms with Crippen molar-refractivity contribution in [3.05, 3.63) is 0 Å². The smallest absolute Gasteiger partial charge is 0.138 e. The molecule has 3 heteroatoms. The zero-order valence-electron chi connectivity index (χ0n) is 5.10.